The molecule has 4 rings (SSSR count). The van der Waals surface area contributed by atoms with E-state index in [1.165, 1.54) is 6.33 Å². The van der Waals surface area contributed by atoms with Gasteiger partial charge in [0.1, 0.15) is 12.4 Å². The van der Waals surface area contributed by atoms with E-state index < -0.39 is 10.8 Å². The number of ether oxygens (including phenoxy) is 1. The molecule has 0 amide bonds. The SMILES string of the molecule is COc1ncnc2c1CC[C@@]13CC1(C)C(=O)C(C#N)=C[C@]23C. The number of allylic oxidation sites excluding steroid dienone is 2. The van der Waals surface area contributed by atoms with E-state index in [0.717, 1.165) is 30.5 Å². The number of aromatic nitrogens is 2. The average Bonchev–Trinajstić information content (AvgIpc) is 3.16. The minimum Gasteiger partial charge on any atom is -0.481 e. The number of nitrogens with zero attached hydrogens (tertiary/aromatic N) is 3. The molecule has 5 heteroatoms. The van der Waals surface area contributed by atoms with Crippen LogP contribution in [-0.2, 0) is 16.6 Å². The molecule has 0 aromatic carbocycles. The number of fused-ring (bicyclic) bond motifs is 2. The van der Waals surface area contributed by atoms with Crippen LogP contribution in [0.2, 0.25) is 0 Å². The summed E-state index contributed by atoms with van der Waals surface area (Å²) >= 11 is 0. The summed E-state index contributed by atoms with van der Waals surface area (Å²) in [6.07, 6.45) is 5.89. The van der Waals surface area contributed by atoms with Crippen LogP contribution in [-0.4, -0.2) is 22.9 Å². The predicted octanol–water partition coefficient (Wildman–Crippen LogP) is 2.12. The second kappa shape index (κ2) is 3.75. The summed E-state index contributed by atoms with van der Waals surface area (Å²) in [6.45, 7) is 4.10. The molecule has 1 aromatic rings. The number of methoxy groups -OCH3 is 1. The molecule has 1 fully saturated rings. The van der Waals surface area contributed by atoms with E-state index in [1.54, 1.807) is 7.11 Å². The summed E-state index contributed by atoms with van der Waals surface area (Å²) in [6, 6.07) is 2.09. The molecular weight excluding hydrogens is 278 g/mol. The molecule has 0 saturated heterocycles. The molecule has 22 heavy (non-hydrogen) atoms. The summed E-state index contributed by atoms with van der Waals surface area (Å²) in [7, 11) is 1.61. The maximum absolute atomic E-state index is 12.6. The lowest BCUT2D eigenvalue weighted by atomic mass is 9.57. The second-order valence-corrected chi connectivity index (χ2v) is 7.00. The van der Waals surface area contributed by atoms with Gasteiger partial charge in [0.05, 0.1) is 18.4 Å². The monoisotopic (exact) mass is 295 g/mol. The van der Waals surface area contributed by atoms with Crippen LogP contribution < -0.4 is 4.74 Å². The van der Waals surface area contributed by atoms with Gasteiger partial charge in [0, 0.05) is 16.4 Å². The largest absolute Gasteiger partial charge is 0.481 e. The summed E-state index contributed by atoms with van der Waals surface area (Å²) in [5.41, 5.74) is 1.22. The molecule has 3 aliphatic carbocycles. The first-order valence-corrected chi connectivity index (χ1v) is 7.50. The Kier molecular flexibility index (Phi) is 2.29. The molecule has 1 unspecified atom stereocenters. The van der Waals surface area contributed by atoms with Gasteiger partial charge in [-0.3, -0.25) is 4.79 Å². The lowest BCUT2D eigenvalue weighted by Crippen LogP contribution is -2.46. The molecule has 3 aliphatic rings. The van der Waals surface area contributed by atoms with E-state index in [0.29, 0.717) is 5.88 Å². The first-order valence-electron chi connectivity index (χ1n) is 7.50. The molecule has 1 saturated carbocycles. The van der Waals surface area contributed by atoms with E-state index in [1.807, 2.05) is 13.0 Å². The van der Waals surface area contributed by atoms with Crippen molar-refractivity contribution in [2.45, 2.75) is 38.5 Å². The number of carbonyl (C=O) groups is 1. The molecule has 1 spiro atoms. The Morgan fingerprint density at radius 3 is 2.82 bits per heavy atom. The van der Waals surface area contributed by atoms with E-state index in [9.17, 15) is 10.1 Å². The van der Waals surface area contributed by atoms with Crippen LogP contribution in [0.5, 0.6) is 5.88 Å². The molecule has 0 aliphatic heterocycles. The Hall–Kier alpha value is -2.22. The number of carbonyl (C=O) groups excluding carboxylic acids is 1. The van der Waals surface area contributed by atoms with Gasteiger partial charge in [0.2, 0.25) is 5.88 Å². The minimum absolute atomic E-state index is 0.00283. The topological polar surface area (TPSA) is 75.9 Å². The van der Waals surface area contributed by atoms with Gasteiger partial charge in [-0.05, 0) is 31.6 Å². The van der Waals surface area contributed by atoms with Gasteiger partial charge in [0.25, 0.3) is 0 Å². The zero-order valence-electron chi connectivity index (χ0n) is 12.9. The first-order chi connectivity index (χ1) is 10.4. The van der Waals surface area contributed by atoms with Crippen molar-refractivity contribution >= 4 is 5.78 Å². The highest BCUT2D eigenvalue weighted by molar-refractivity contribution is 6.07. The van der Waals surface area contributed by atoms with Gasteiger partial charge in [-0.15, -0.1) is 0 Å². The molecule has 0 bridgehead atoms. The number of hydrogen-bond donors (Lipinski definition) is 0. The van der Waals surface area contributed by atoms with Gasteiger partial charge < -0.3 is 4.74 Å². The van der Waals surface area contributed by atoms with Gasteiger partial charge in [0.15, 0.2) is 5.78 Å². The van der Waals surface area contributed by atoms with Crippen LogP contribution >= 0.6 is 0 Å². The van der Waals surface area contributed by atoms with Gasteiger partial charge in [-0.25, -0.2) is 9.97 Å². The molecule has 1 heterocycles. The van der Waals surface area contributed by atoms with Crippen molar-refractivity contribution < 1.29 is 9.53 Å². The molecule has 112 valence electrons. The number of rotatable bonds is 1. The van der Waals surface area contributed by atoms with Crippen LogP contribution in [0.3, 0.4) is 0 Å². The van der Waals surface area contributed by atoms with Crippen molar-refractivity contribution in [2.24, 2.45) is 10.8 Å². The molecular formula is C17H17N3O2. The van der Waals surface area contributed by atoms with Crippen molar-refractivity contribution in [2.75, 3.05) is 7.11 Å². The normalized spacial score (nSPS) is 38.1. The maximum Gasteiger partial charge on any atom is 0.219 e. The Morgan fingerprint density at radius 1 is 1.36 bits per heavy atom. The summed E-state index contributed by atoms with van der Waals surface area (Å²) in [5.74, 6) is 0.601. The standard InChI is InChI=1S/C17H17N3O2/c1-15-6-10(7-18)13(21)16(2)8-17(15,16)5-4-11-12(15)19-9-20-14(11)22-3/h6,9H,4-5,8H2,1-3H3/t15-,16?,17+/m1/s1. The molecule has 1 aromatic heterocycles. The van der Waals surface area contributed by atoms with Crippen LogP contribution in [0.1, 0.15) is 37.9 Å². The molecule has 5 nitrogen and oxygen atoms in total. The Bertz CT molecular complexity index is 794. The summed E-state index contributed by atoms with van der Waals surface area (Å²) < 4.78 is 5.38. The lowest BCUT2D eigenvalue weighted by molar-refractivity contribution is -0.122. The third kappa shape index (κ3) is 1.19. The molecule has 3 atom stereocenters. The zero-order valence-corrected chi connectivity index (χ0v) is 12.9. The Labute approximate surface area is 129 Å². The van der Waals surface area contributed by atoms with Crippen LogP contribution in [0.15, 0.2) is 18.0 Å². The Balaban J connectivity index is 2.02. The fraction of sp³-hybridized carbons (Fsp3) is 0.529. The summed E-state index contributed by atoms with van der Waals surface area (Å²) in [5, 5.41) is 9.37. The van der Waals surface area contributed by atoms with Crippen molar-refractivity contribution in [3.05, 3.63) is 29.2 Å². The van der Waals surface area contributed by atoms with Crippen LogP contribution in [0, 0.1) is 22.2 Å². The lowest BCUT2D eigenvalue weighted by Gasteiger charge is -2.45. The fourth-order valence-electron chi connectivity index (χ4n) is 4.99. The van der Waals surface area contributed by atoms with Crippen molar-refractivity contribution in [3.8, 4) is 11.9 Å². The van der Waals surface area contributed by atoms with Crippen molar-refractivity contribution in [1.29, 1.82) is 5.26 Å². The highest BCUT2D eigenvalue weighted by atomic mass is 16.5. The highest BCUT2D eigenvalue weighted by Crippen LogP contribution is 2.78. The van der Waals surface area contributed by atoms with E-state index in [4.69, 9.17) is 4.74 Å². The number of nitriles is 1. The minimum atomic E-state index is -0.433. The average molecular weight is 295 g/mol. The first kappa shape index (κ1) is 13.4. The van der Waals surface area contributed by atoms with Gasteiger partial charge in [-0.2, -0.15) is 5.26 Å². The molecule has 0 N–H and O–H groups in total. The number of Topliss-reactive ketones (excluding diaryl/α,β-unsaturated/α-hetero) is 1. The Morgan fingerprint density at radius 2 is 2.14 bits per heavy atom. The van der Waals surface area contributed by atoms with Crippen molar-refractivity contribution in [1.82, 2.24) is 9.97 Å². The van der Waals surface area contributed by atoms with Gasteiger partial charge >= 0.3 is 0 Å². The zero-order chi connectivity index (χ0) is 15.8. The molecule has 0 radical (unpaired) electrons. The second-order valence-electron chi connectivity index (χ2n) is 7.00. The number of hydrogen-bond acceptors (Lipinski definition) is 5. The maximum atomic E-state index is 12.6. The van der Waals surface area contributed by atoms with E-state index in [-0.39, 0.29) is 16.8 Å². The van der Waals surface area contributed by atoms with E-state index in [2.05, 4.69) is 23.0 Å². The van der Waals surface area contributed by atoms with E-state index >= 15 is 0 Å². The number of ketones is 1. The van der Waals surface area contributed by atoms with Crippen LogP contribution in [0.25, 0.3) is 0 Å². The van der Waals surface area contributed by atoms with Gasteiger partial charge in [-0.1, -0.05) is 13.0 Å². The fourth-order valence-corrected chi connectivity index (χ4v) is 4.99. The quantitative estimate of drug-likeness (QED) is 0.793. The third-order valence-corrected chi connectivity index (χ3v) is 6.27. The smallest absolute Gasteiger partial charge is 0.219 e. The van der Waals surface area contributed by atoms with Crippen molar-refractivity contribution in [3.63, 3.8) is 0 Å². The van der Waals surface area contributed by atoms with Crippen LogP contribution in [0.4, 0.5) is 0 Å². The third-order valence-electron chi connectivity index (χ3n) is 6.27. The summed E-state index contributed by atoms with van der Waals surface area (Å²) in [4.78, 5) is 21.3. The predicted molar refractivity (Wildman–Crippen MR) is 78.1 cm³/mol. The highest BCUT2D eigenvalue weighted by Gasteiger charge is 2.78.